The van der Waals surface area contributed by atoms with Gasteiger partial charge in [0.1, 0.15) is 5.82 Å². The van der Waals surface area contributed by atoms with Gasteiger partial charge in [-0.3, -0.25) is 4.79 Å². The van der Waals surface area contributed by atoms with Crippen molar-refractivity contribution in [1.29, 1.82) is 0 Å². The fourth-order valence-corrected chi connectivity index (χ4v) is 3.78. The summed E-state index contributed by atoms with van der Waals surface area (Å²) in [7, 11) is 0. The first-order chi connectivity index (χ1) is 8.60. The number of halogens is 1. The number of carbonyl (C=O) groups excluding carboxylic acids is 1. The molecule has 0 spiro atoms. The van der Waals surface area contributed by atoms with Crippen molar-refractivity contribution in [3.8, 4) is 0 Å². The molecule has 0 saturated carbocycles. The topological polar surface area (TPSA) is 42.9 Å². The first-order valence-corrected chi connectivity index (χ1v) is 7.79. The molecule has 1 aromatic carbocycles. The van der Waals surface area contributed by atoms with Gasteiger partial charge >= 0.3 is 0 Å². The lowest BCUT2D eigenvalue weighted by Gasteiger charge is -2.04. The maximum absolute atomic E-state index is 11.6. The van der Waals surface area contributed by atoms with Crippen molar-refractivity contribution in [3.05, 3.63) is 34.1 Å². The number of hydrogen-bond acceptors (Lipinski definition) is 5. The van der Waals surface area contributed by atoms with Crippen LogP contribution >= 0.6 is 39.2 Å². The van der Waals surface area contributed by atoms with Crippen molar-refractivity contribution >= 4 is 45.0 Å². The Kier molecular flexibility index (Phi) is 4.53. The van der Waals surface area contributed by atoms with Crippen LogP contribution in [0, 0.1) is 0 Å². The quantitative estimate of drug-likeness (QED) is 0.780. The Morgan fingerprint density at radius 1 is 1.50 bits per heavy atom. The van der Waals surface area contributed by atoms with Crippen molar-refractivity contribution in [3.63, 3.8) is 0 Å². The molecule has 0 bridgehead atoms. The summed E-state index contributed by atoms with van der Waals surface area (Å²) in [4.78, 5) is 16.9. The van der Waals surface area contributed by atoms with Crippen LogP contribution in [0.5, 0.6) is 0 Å². The molecule has 0 N–H and O–H groups in total. The maximum Gasteiger partial charge on any atom is 0.174 e. The van der Waals surface area contributed by atoms with Crippen LogP contribution in [0.3, 0.4) is 0 Å². The van der Waals surface area contributed by atoms with Crippen molar-refractivity contribution in [2.45, 2.75) is 29.5 Å². The number of ketones is 1. The summed E-state index contributed by atoms with van der Waals surface area (Å²) in [6.45, 7) is 3.60. The standard InChI is InChI=1S/C12H11BrN2OS2/c1-3-11-14-12(18-15-11)17-10-6-8(13)4-5-9(10)7(2)16/h4-6H,3H2,1-2H3. The smallest absolute Gasteiger partial charge is 0.174 e. The van der Waals surface area contributed by atoms with E-state index in [9.17, 15) is 4.79 Å². The summed E-state index contributed by atoms with van der Waals surface area (Å²) in [6.07, 6.45) is 0.828. The monoisotopic (exact) mass is 342 g/mol. The highest BCUT2D eigenvalue weighted by atomic mass is 79.9. The molecule has 94 valence electrons. The lowest BCUT2D eigenvalue weighted by Crippen LogP contribution is -1.94. The molecule has 0 atom stereocenters. The Bertz CT molecular complexity index is 583. The zero-order valence-electron chi connectivity index (χ0n) is 9.94. The maximum atomic E-state index is 11.6. The van der Waals surface area contributed by atoms with Gasteiger partial charge in [-0.2, -0.15) is 4.37 Å². The summed E-state index contributed by atoms with van der Waals surface area (Å²) in [5.41, 5.74) is 0.719. The summed E-state index contributed by atoms with van der Waals surface area (Å²) in [5.74, 6) is 0.909. The van der Waals surface area contributed by atoms with E-state index in [4.69, 9.17) is 0 Å². The van der Waals surface area contributed by atoms with Crippen LogP contribution in [0.4, 0.5) is 0 Å². The first kappa shape index (κ1) is 13.7. The average molecular weight is 343 g/mol. The highest BCUT2D eigenvalue weighted by molar-refractivity contribution is 9.10. The van der Waals surface area contributed by atoms with Gasteiger partial charge in [0.25, 0.3) is 0 Å². The predicted molar refractivity (Wildman–Crippen MR) is 77.6 cm³/mol. The zero-order chi connectivity index (χ0) is 13.1. The molecule has 2 aromatic rings. The second-order valence-corrected chi connectivity index (χ2v) is 6.59. The predicted octanol–water partition coefficient (Wildman–Crippen LogP) is 4.22. The Balaban J connectivity index is 2.32. The van der Waals surface area contributed by atoms with Gasteiger partial charge in [0.15, 0.2) is 10.1 Å². The molecule has 6 heteroatoms. The van der Waals surface area contributed by atoms with E-state index < -0.39 is 0 Å². The van der Waals surface area contributed by atoms with Crippen LogP contribution < -0.4 is 0 Å². The minimum Gasteiger partial charge on any atom is -0.294 e. The molecule has 0 radical (unpaired) electrons. The molecule has 18 heavy (non-hydrogen) atoms. The molecule has 0 fully saturated rings. The number of rotatable bonds is 4. The van der Waals surface area contributed by atoms with E-state index in [-0.39, 0.29) is 5.78 Å². The molecule has 2 rings (SSSR count). The van der Waals surface area contributed by atoms with Gasteiger partial charge in [0.2, 0.25) is 0 Å². The molecular weight excluding hydrogens is 332 g/mol. The number of benzene rings is 1. The van der Waals surface area contributed by atoms with Gasteiger partial charge in [-0.05, 0) is 36.7 Å². The van der Waals surface area contributed by atoms with Gasteiger partial charge < -0.3 is 0 Å². The SMILES string of the molecule is CCc1nsc(Sc2cc(Br)ccc2C(C)=O)n1. The third-order valence-corrected chi connectivity index (χ3v) is 4.63. The Morgan fingerprint density at radius 2 is 2.28 bits per heavy atom. The van der Waals surface area contributed by atoms with Gasteiger partial charge in [-0.15, -0.1) is 0 Å². The average Bonchev–Trinajstić information content (AvgIpc) is 2.76. The Hall–Kier alpha value is -0.720. The molecule has 0 saturated heterocycles. The minimum atomic E-state index is 0.0604. The van der Waals surface area contributed by atoms with Crippen LogP contribution in [0.15, 0.2) is 31.9 Å². The first-order valence-electron chi connectivity index (χ1n) is 5.41. The van der Waals surface area contributed by atoms with Crippen molar-refractivity contribution in [2.24, 2.45) is 0 Å². The van der Waals surface area contributed by atoms with Crippen molar-refractivity contribution in [1.82, 2.24) is 9.36 Å². The lowest BCUT2D eigenvalue weighted by molar-refractivity contribution is 0.101. The Labute approximate surface area is 122 Å². The largest absolute Gasteiger partial charge is 0.294 e. The van der Waals surface area contributed by atoms with E-state index in [2.05, 4.69) is 25.3 Å². The highest BCUT2D eigenvalue weighted by Gasteiger charge is 2.12. The van der Waals surface area contributed by atoms with E-state index in [1.807, 2.05) is 25.1 Å². The number of aromatic nitrogens is 2. The van der Waals surface area contributed by atoms with Crippen molar-refractivity contribution < 1.29 is 4.79 Å². The fraction of sp³-hybridized carbons (Fsp3) is 0.250. The van der Waals surface area contributed by atoms with Crippen molar-refractivity contribution in [2.75, 3.05) is 0 Å². The number of aryl methyl sites for hydroxylation is 1. The van der Waals surface area contributed by atoms with E-state index in [1.165, 1.54) is 23.3 Å². The third-order valence-electron chi connectivity index (χ3n) is 2.29. The van der Waals surface area contributed by atoms with Crippen LogP contribution in [-0.2, 0) is 6.42 Å². The van der Waals surface area contributed by atoms with Crippen LogP contribution in [-0.4, -0.2) is 15.1 Å². The van der Waals surface area contributed by atoms with Crippen LogP contribution in [0.25, 0.3) is 0 Å². The molecule has 1 aromatic heterocycles. The van der Waals surface area contributed by atoms with Crippen LogP contribution in [0.2, 0.25) is 0 Å². The fourth-order valence-electron chi connectivity index (χ4n) is 1.39. The van der Waals surface area contributed by atoms with E-state index >= 15 is 0 Å². The zero-order valence-corrected chi connectivity index (χ0v) is 13.2. The molecule has 0 aliphatic heterocycles. The lowest BCUT2D eigenvalue weighted by atomic mass is 10.1. The van der Waals surface area contributed by atoms with Gasteiger partial charge in [-0.1, -0.05) is 34.6 Å². The number of carbonyl (C=O) groups is 1. The Morgan fingerprint density at radius 3 is 2.89 bits per heavy atom. The van der Waals surface area contributed by atoms with E-state index in [1.54, 1.807) is 6.92 Å². The summed E-state index contributed by atoms with van der Waals surface area (Å²) in [6, 6.07) is 5.64. The van der Waals surface area contributed by atoms with E-state index in [0.717, 1.165) is 31.5 Å². The number of Topliss-reactive ketones (excluding diaryl/α,β-unsaturated/α-hetero) is 1. The normalized spacial score (nSPS) is 10.6. The molecule has 0 unspecified atom stereocenters. The van der Waals surface area contributed by atoms with Gasteiger partial charge in [0, 0.05) is 21.4 Å². The third kappa shape index (κ3) is 3.18. The molecule has 0 aliphatic carbocycles. The number of nitrogens with zero attached hydrogens (tertiary/aromatic N) is 2. The second-order valence-electron chi connectivity index (χ2n) is 3.63. The molecule has 1 heterocycles. The van der Waals surface area contributed by atoms with Gasteiger partial charge in [-0.25, -0.2) is 4.98 Å². The summed E-state index contributed by atoms with van der Waals surface area (Å²) < 4.78 is 6.06. The second kappa shape index (κ2) is 5.95. The summed E-state index contributed by atoms with van der Waals surface area (Å²) >= 11 is 6.28. The van der Waals surface area contributed by atoms with Crippen LogP contribution in [0.1, 0.15) is 30.0 Å². The van der Waals surface area contributed by atoms with E-state index in [0.29, 0.717) is 0 Å². The minimum absolute atomic E-state index is 0.0604. The number of hydrogen-bond donors (Lipinski definition) is 0. The highest BCUT2D eigenvalue weighted by Crippen LogP contribution is 2.33. The molecular formula is C12H11BrN2OS2. The summed E-state index contributed by atoms with van der Waals surface area (Å²) in [5, 5.41) is 0. The molecule has 0 amide bonds. The molecule has 3 nitrogen and oxygen atoms in total. The van der Waals surface area contributed by atoms with Gasteiger partial charge in [0.05, 0.1) is 0 Å². The molecule has 0 aliphatic rings.